The van der Waals surface area contributed by atoms with E-state index >= 15 is 0 Å². The monoisotopic (exact) mass is 287 g/mol. The summed E-state index contributed by atoms with van der Waals surface area (Å²) < 4.78 is 14.0. The Hall–Kier alpha value is -1.41. The van der Waals surface area contributed by atoms with E-state index < -0.39 is 0 Å². The lowest BCUT2D eigenvalue weighted by atomic mass is 9.88. The van der Waals surface area contributed by atoms with E-state index in [0.717, 1.165) is 23.7 Å². The topological polar surface area (TPSA) is 12.0 Å². The molecule has 2 heteroatoms. The van der Waals surface area contributed by atoms with Gasteiger partial charge in [-0.15, -0.1) is 0 Å². The predicted molar refractivity (Wildman–Crippen MR) is 89.0 cm³/mol. The molecule has 0 saturated carbocycles. The van der Waals surface area contributed by atoms with Gasteiger partial charge < -0.3 is 5.32 Å². The average Bonchev–Trinajstić information content (AvgIpc) is 2.52. The number of benzene rings is 2. The van der Waals surface area contributed by atoms with Crippen LogP contribution in [-0.2, 0) is 0 Å². The minimum Gasteiger partial charge on any atom is -0.310 e. The van der Waals surface area contributed by atoms with Crippen molar-refractivity contribution < 1.29 is 4.39 Å². The summed E-state index contributed by atoms with van der Waals surface area (Å²) in [6, 6.07) is 11.6. The summed E-state index contributed by atoms with van der Waals surface area (Å²) in [6.45, 7) is 7.56. The number of fused-ring (bicyclic) bond motifs is 1. The Balaban J connectivity index is 2.42. The van der Waals surface area contributed by atoms with Crippen LogP contribution in [0, 0.1) is 11.7 Å². The molecule has 1 N–H and O–H groups in total. The molecule has 0 aromatic heterocycles. The van der Waals surface area contributed by atoms with Gasteiger partial charge in [-0.2, -0.15) is 0 Å². The van der Waals surface area contributed by atoms with Gasteiger partial charge in [0.2, 0.25) is 0 Å². The van der Waals surface area contributed by atoms with Gasteiger partial charge in [0.15, 0.2) is 0 Å². The zero-order valence-electron chi connectivity index (χ0n) is 13.3. The van der Waals surface area contributed by atoms with Crippen molar-refractivity contribution in [3.05, 3.63) is 47.8 Å². The number of rotatable bonds is 7. The van der Waals surface area contributed by atoms with Gasteiger partial charge in [-0.25, -0.2) is 4.39 Å². The van der Waals surface area contributed by atoms with Crippen LogP contribution in [0.25, 0.3) is 10.8 Å². The van der Waals surface area contributed by atoms with E-state index in [0.29, 0.717) is 12.0 Å². The minimum absolute atomic E-state index is 0.132. The first-order valence-corrected chi connectivity index (χ1v) is 8.11. The summed E-state index contributed by atoms with van der Waals surface area (Å²) >= 11 is 0. The molecule has 1 atom stereocenters. The summed E-state index contributed by atoms with van der Waals surface area (Å²) in [7, 11) is 0. The van der Waals surface area contributed by atoms with Crippen LogP contribution < -0.4 is 5.32 Å². The van der Waals surface area contributed by atoms with Gasteiger partial charge in [-0.3, -0.25) is 0 Å². The molecule has 0 radical (unpaired) electrons. The van der Waals surface area contributed by atoms with Crippen molar-refractivity contribution in [2.45, 2.75) is 46.1 Å². The van der Waals surface area contributed by atoms with E-state index in [4.69, 9.17) is 0 Å². The number of hydrogen-bond donors (Lipinski definition) is 1. The van der Waals surface area contributed by atoms with Crippen LogP contribution in [0.4, 0.5) is 4.39 Å². The third-order valence-corrected chi connectivity index (χ3v) is 4.45. The summed E-state index contributed by atoms with van der Waals surface area (Å²) in [4.78, 5) is 0. The molecule has 2 aromatic rings. The average molecular weight is 287 g/mol. The van der Waals surface area contributed by atoms with E-state index in [1.807, 2.05) is 30.3 Å². The molecular formula is C19H26FN. The molecule has 0 saturated heterocycles. The van der Waals surface area contributed by atoms with Crippen molar-refractivity contribution in [3.63, 3.8) is 0 Å². The fourth-order valence-corrected chi connectivity index (χ4v) is 3.11. The maximum atomic E-state index is 14.0. The summed E-state index contributed by atoms with van der Waals surface area (Å²) in [5, 5.41) is 5.35. The van der Waals surface area contributed by atoms with Crippen LogP contribution in [0.3, 0.4) is 0 Å². The van der Waals surface area contributed by atoms with E-state index in [2.05, 4.69) is 26.1 Å². The molecular weight excluding hydrogens is 261 g/mol. The van der Waals surface area contributed by atoms with Crippen LogP contribution >= 0.6 is 0 Å². The van der Waals surface area contributed by atoms with Crippen molar-refractivity contribution in [1.82, 2.24) is 5.32 Å². The third-order valence-electron chi connectivity index (χ3n) is 4.45. The molecule has 0 bridgehead atoms. The fraction of sp³-hybridized carbons (Fsp3) is 0.474. The summed E-state index contributed by atoms with van der Waals surface area (Å²) in [6.07, 6.45) is 3.49. The molecule has 0 heterocycles. The number of halogens is 1. The molecule has 21 heavy (non-hydrogen) atoms. The Morgan fingerprint density at radius 1 is 0.952 bits per heavy atom. The van der Waals surface area contributed by atoms with Crippen molar-refractivity contribution in [3.8, 4) is 0 Å². The first-order valence-electron chi connectivity index (χ1n) is 8.11. The molecule has 114 valence electrons. The van der Waals surface area contributed by atoms with Crippen molar-refractivity contribution in [2.75, 3.05) is 6.54 Å². The lowest BCUT2D eigenvalue weighted by molar-refractivity contribution is 0.377. The van der Waals surface area contributed by atoms with Crippen molar-refractivity contribution in [2.24, 2.45) is 5.92 Å². The molecule has 0 fully saturated rings. The molecule has 0 aliphatic heterocycles. The van der Waals surface area contributed by atoms with E-state index in [-0.39, 0.29) is 5.82 Å². The summed E-state index contributed by atoms with van der Waals surface area (Å²) in [5.74, 6) is 0.574. The molecule has 0 amide bonds. The molecule has 0 aliphatic carbocycles. The second-order valence-electron chi connectivity index (χ2n) is 5.71. The molecule has 2 rings (SSSR count). The molecule has 0 spiro atoms. The first-order chi connectivity index (χ1) is 10.2. The lowest BCUT2D eigenvalue weighted by Gasteiger charge is -2.24. The first kappa shape index (κ1) is 16.0. The smallest absolute Gasteiger partial charge is 0.131 e. The Kier molecular flexibility index (Phi) is 5.75. The van der Waals surface area contributed by atoms with Gasteiger partial charge in [-0.05, 0) is 35.9 Å². The van der Waals surface area contributed by atoms with Gasteiger partial charge in [0, 0.05) is 11.4 Å². The van der Waals surface area contributed by atoms with Crippen LogP contribution in [0.5, 0.6) is 0 Å². The second-order valence-corrected chi connectivity index (χ2v) is 5.71. The predicted octanol–water partition coefficient (Wildman–Crippen LogP) is 5.46. The normalized spacial score (nSPS) is 13.0. The zero-order chi connectivity index (χ0) is 15.2. The van der Waals surface area contributed by atoms with Gasteiger partial charge in [0.25, 0.3) is 0 Å². The van der Waals surface area contributed by atoms with Crippen molar-refractivity contribution >= 4 is 10.8 Å². The largest absolute Gasteiger partial charge is 0.310 e. The Morgan fingerprint density at radius 2 is 1.62 bits per heavy atom. The van der Waals surface area contributed by atoms with Crippen molar-refractivity contribution in [1.29, 1.82) is 0 Å². The quantitative estimate of drug-likeness (QED) is 0.713. The molecule has 0 aliphatic rings. The molecule has 2 aromatic carbocycles. The zero-order valence-corrected chi connectivity index (χ0v) is 13.3. The van der Waals surface area contributed by atoms with Crippen LogP contribution in [0.1, 0.15) is 51.6 Å². The summed E-state index contributed by atoms with van der Waals surface area (Å²) in [5.41, 5.74) is 1.22. The Bertz CT molecular complexity index is 575. The minimum atomic E-state index is -0.132. The van der Waals surface area contributed by atoms with Crippen LogP contribution in [0.2, 0.25) is 0 Å². The standard InChI is InChI=1S/C19H26FN/c1-4-14(5-2)13-19(21-6-3)17-11-12-18(20)16-10-8-7-9-15(16)17/h7-12,14,19,21H,4-6,13H2,1-3H3. The highest BCUT2D eigenvalue weighted by Crippen LogP contribution is 2.31. The number of nitrogens with one attached hydrogen (secondary N) is 1. The third kappa shape index (κ3) is 3.62. The highest BCUT2D eigenvalue weighted by Gasteiger charge is 2.18. The van der Waals surface area contributed by atoms with Crippen LogP contribution in [-0.4, -0.2) is 6.54 Å². The van der Waals surface area contributed by atoms with E-state index in [9.17, 15) is 4.39 Å². The Labute approximate surface area is 127 Å². The van der Waals surface area contributed by atoms with E-state index in [1.54, 1.807) is 6.07 Å². The van der Waals surface area contributed by atoms with Crippen LogP contribution in [0.15, 0.2) is 36.4 Å². The van der Waals surface area contributed by atoms with Gasteiger partial charge in [0.05, 0.1) is 0 Å². The lowest BCUT2D eigenvalue weighted by Crippen LogP contribution is -2.23. The second kappa shape index (κ2) is 7.56. The number of hydrogen-bond acceptors (Lipinski definition) is 1. The fourth-order valence-electron chi connectivity index (χ4n) is 3.11. The highest BCUT2D eigenvalue weighted by molar-refractivity contribution is 5.86. The maximum Gasteiger partial charge on any atom is 0.131 e. The van der Waals surface area contributed by atoms with Gasteiger partial charge in [-0.1, -0.05) is 63.9 Å². The SMILES string of the molecule is CCNC(CC(CC)CC)c1ccc(F)c2ccccc12. The molecule has 1 unspecified atom stereocenters. The highest BCUT2D eigenvalue weighted by atomic mass is 19.1. The van der Waals surface area contributed by atoms with E-state index in [1.165, 1.54) is 18.4 Å². The van der Waals surface area contributed by atoms with Gasteiger partial charge >= 0.3 is 0 Å². The molecule has 1 nitrogen and oxygen atoms in total. The van der Waals surface area contributed by atoms with Gasteiger partial charge in [0.1, 0.15) is 5.82 Å². The Morgan fingerprint density at radius 3 is 2.24 bits per heavy atom. The maximum absolute atomic E-state index is 14.0.